The number of nitrogens with zero attached hydrogens (tertiary/aromatic N) is 4. The van der Waals surface area contributed by atoms with E-state index in [9.17, 15) is 4.79 Å². The molecule has 1 aliphatic heterocycles. The number of hydrogen-bond donors (Lipinski definition) is 0. The van der Waals surface area contributed by atoms with Crippen LogP contribution in [0.1, 0.15) is 42.1 Å². The summed E-state index contributed by atoms with van der Waals surface area (Å²) in [6.07, 6.45) is 3.68. The number of aryl methyl sites for hydroxylation is 1. The molecule has 1 unspecified atom stereocenters. The summed E-state index contributed by atoms with van der Waals surface area (Å²) in [5.41, 5.74) is 3.16. The van der Waals surface area contributed by atoms with E-state index in [4.69, 9.17) is 9.47 Å². The van der Waals surface area contributed by atoms with Crippen LogP contribution in [0.5, 0.6) is 11.6 Å². The number of ketones is 1. The Morgan fingerprint density at radius 1 is 1.22 bits per heavy atom. The molecule has 0 spiro atoms. The van der Waals surface area contributed by atoms with Crippen LogP contribution in [0.2, 0.25) is 0 Å². The van der Waals surface area contributed by atoms with Crippen LogP contribution in [0.4, 0.5) is 0 Å². The highest BCUT2D eigenvalue weighted by atomic mass is 16.5. The molecule has 5 rings (SSSR count). The number of rotatable bonds is 2. The third-order valence-corrected chi connectivity index (χ3v) is 5.15. The molecule has 1 atom stereocenters. The zero-order valence-corrected chi connectivity index (χ0v) is 15.1. The number of benzene rings is 1. The van der Waals surface area contributed by atoms with E-state index in [1.165, 1.54) is 0 Å². The molecule has 1 aromatic carbocycles. The third-order valence-electron chi connectivity index (χ3n) is 5.15. The fourth-order valence-electron chi connectivity index (χ4n) is 3.95. The first-order valence-corrected chi connectivity index (χ1v) is 8.95. The highest BCUT2D eigenvalue weighted by Gasteiger charge is 2.39. The number of Topliss-reactive ketones (excluding diaryl/α,β-unsaturated/α-hetero) is 1. The molecule has 0 N–H and O–H groups in total. The fraction of sp³-hybridized carbons (Fsp3) is 0.300. The minimum Gasteiger partial charge on any atom is -0.497 e. The maximum absolute atomic E-state index is 12.9. The zero-order chi connectivity index (χ0) is 18.5. The zero-order valence-electron chi connectivity index (χ0n) is 15.1. The highest BCUT2D eigenvalue weighted by Crippen LogP contribution is 2.47. The van der Waals surface area contributed by atoms with Crippen molar-refractivity contribution in [1.29, 1.82) is 0 Å². The first-order valence-electron chi connectivity index (χ1n) is 8.95. The predicted octanol–water partition coefficient (Wildman–Crippen LogP) is 2.97. The molecule has 0 amide bonds. The number of carbonyl (C=O) groups is 1. The largest absolute Gasteiger partial charge is 0.497 e. The number of fused-ring (bicyclic) bond motifs is 3. The van der Waals surface area contributed by atoms with E-state index < -0.39 is 0 Å². The Bertz CT molecular complexity index is 1100. The van der Waals surface area contributed by atoms with Gasteiger partial charge in [-0.2, -0.15) is 5.10 Å². The summed E-state index contributed by atoms with van der Waals surface area (Å²) in [6, 6.07) is 7.77. The van der Waals surface area contributed by atoms with Gasteiger partial charge in [-0.3, -0.25) is 4.79 Å². The third kappa shape index (κ3) is 2.42. The van der Waals surface area contributed by atoms with Crippen LogP contribution >= 0.6 is 0 Å². The molecule has 0 bridgehead atoms. The van der Waals surface area contributed by atoms with Gasteiger partial charge in [-0.25, -0.2) is 14.5 Å². The van der Waals surface area contributed by atoms with Gasteiger partial charge in [0.15, 0.2) is 11.4 Å². The Morgan fingerprint density at radius 3 is 2.81 bits per heavy atom. The van der Waals surface area contributed by atoms with Gasteiger partial charge in [0.1, 0.15) is 23.7 Å². The van der Waals surface area contributed by atoms with Gasteiger partial charge in [0.2, 0.25) is 5.88 Å². The minimum atomic E-state index is -0.276. The van der Waals surface area contributed by atoms with Crippen molar-refractivity contribution in [3.05, 3.63) is 58.9 Å². The summed E-state index contributed by atoms with van der Waals surface area (Å²) >= 11 is 0. The maximum Gasteiger partial charge on any atom is 0.228 e. The molecule has 2 aliphatic rings. The summed E-state index contributed by atoms with van der Waals surface area (Å²) in [4.78, 5) is 21.9. The Labute approximate surface area is 155 Å². The van der Waals surface area contributed by atoms with Crippen molar-refractivity contribution in [3.8, 4) is 11.6 Å². The Hall–Kier alpha value is -3.22. The van der Waals surface area contributed by atoms with Gasteiger partial charge in [-0.05, 0) is 31.0 Å². The molecule has 3 aromatic rings. The van der Waals surface area contributed by atoms with Crippen molar-refractivity contribution < 1.29 is 14.3 Å². The summed E-state index contributed by atoms with van der Waals surface area (Å²) in [6.45, 7) is 1.84. The quantitative estimate of drug-likeness (QED) is 0.697. The number of aromatic nitrogens is 4. The van der Waals surface area contributed by atoms with Crippen LogP contribution in [-0.2, 0) is 4.79 Å². The molecule has 0 fully saturated rings. The highest BCUT2D eigenvalue weighted by molar-refractivity contribution is 6.00. The molecule has 2 aromatic heterocycles. The lowest BCUT2D eigenvalue weighted by Crippen LogP contribution is -2.26. The smallest absolute Gasteiger partial charge is 0.228 e. The summed E-state index contributed by atoms with van der Waals surface area (Å²) in [5, 5.41) is 4.37. The van der Waals surface area contributed by atoms with Crippen molar-refractivity contribution in [2.75, 3.05) is 7.11 Å². The standard InChI is InChI=1S/C20H18N4O3/c1-11-22-19-18-16(12-6-8-13(26-2)9-7-12)17-14(25)4-3-5-15(17)27-20(18)21-10-24(19)23-11/h6-10,16H,3-5H2,1-2H3. The normalized spacial score (nSPS) is 18.9. The van der Waals surface area contributed by atoms with E-state index in [2.05, 4.69) is 15.1 Å². The van der Waals surface area contributed by atoms with E-state index in [-0.39, 0.29) is 11.7 Å². The van der Waals surface area contributed by atoms with Crippen LogP contribution in [0.25, 0.3) is 5.65 Å². The van der Waals surface area contributed by atoms with E-state index in [0.29, 0.717) is 23.8 Å². The molecule has 27 heavy (non-hydrogen) atoms. The second-order valence-electron chi connectivity index (χ2n) is 6.81. The van der Waals surface area contributed by atoms with Gasteiger partial charge in [0, 0.05) is 24.3 Å². The average molecular weight is 362 g/mol. The van der Waals surface area contributed by atoms with Crippen molar-refractivity contribution >= 4 is 11.4 Å². The lowest BCUT2D eigenvalue weighted by Gasteiger charge is -2.32. The van der Waals surface area contributed by atoms with Crippen molar-refractivity contribution in [2.24, 2.45) is 0 Å². The molecule has 7 heteroatoms. The summed E-state index contributed by atoms with van der Waals surface area (Å²) in [5.74, 6) is 2.50. The van der Waals surface area contributed by atoms with Crippen LogP contribution in [0.3, 0.4) is 0 Å². The van der Waals surface area contributed by atoms with E-state index in [0.717, 1.165) is 41.1 Å². The van der Waals surface area contributed by atoms with E-state index in [1.54, 1.807) is 18.0 Å². The molecule has 7 nitrogen and oxygen atoms in total. The first kappa shape index (κ1) is 16.0. The van der Waals surface area contributed by atoms with Crippen molar-refractivity contribution in [1.82, 2.24) is 19.6 Å². The lowest BCUT2D eigenvalue weighted by molar-refractivity contribution is -0.116. The Kier molecular flexibility index (Phi) is 3.50. The van der Waals surface area contributed by atoms with Crippen molar-refractivity contribution in [2.45, 2.75) is 32.1 Å². The molecule has 1 aliphatic carbocycles. The molecular weight excluding hydrogens is 344 g/mol. The monoisotopic (exact) mass is 362 g/mol. The topological polar surface area (TPSA) is 78.6 Å². The predicted molar refractivity (Wildman–Crippen MR) is 96.9 cm³/mol. The SMILES string of the molecule is COc1ccc(C2C3=C(CCCC3=O)Oc3ncn4nc(C)nc4c32)cc1. The first-order chi connectivity index (χ1) is 13.2. The van der Waals surface area contributed by atoms with Gasteiger partial charge >= 0.3 is 0 Å². The lowest BCUT2D eigenvalue weighted by atomic mass is 9.78. The number of ether oxygens (including phenoxy) is 2. The van der Waals surface area contributed by atoms with Crippen molar-refractivity contribution in [3.63, 3.8) is 0 Å². The van der Waals surface area contributed by atoms with Gasteiger partial charge in [-0.15, -0.1) is 0 Å². The van der Waals surface area contributed by atoms with Crippen LogP contribution < -0.4 is 9.47 Å². The van der Waals surface area contributed by atoms with Gasteiger partial charge in [-0.1, -0.05) is 12.1 Å². The molecule has 0 saturated heterocycles. The summed E-state index contributed by atoms with van der Waals surface area (Å²) < 4.78 is 13.0. The second-order valence-corrected chi connectivity index (χ2v) is 6.81. The minimum absolute atomic E-state index is 0.126. The number of carbonyl (C=O) groups excluding carboxylic acids is 1. The molecule has 0 radical (unpaired) electrons. The Balaban J connectivity index is 1.79. The van der Waals surface area contributed by atoms with Crippen LogP contribution in [0.15, 0.2) is 41.9 Å². The average Bonchev–Trinajstić information content (AvgIpc) is 3.07. The maximum atomic E-state index is 12.9. The number of hydrogen-bond acceptors (Lipinski definition) is 6. The molecule has 0 saturated carbocycles. The van der Waals surface area contributed by atoms with Gasteiger partial charge in [0.05, 0.1) is 12.7 Å². The van der Waals surface area contributed by atoms with Gasteiger partial charge in [0.25, 0.3) is 0 Å². The summed E-state index contributed by atoms with van der Waals surface area (Å²) in [7, 11) is 1.64. The number of allylic oxidation sites excluding steroid dienone is 2. The van der Waals surface area contributed by atoms with Gasteiger partial charge < -0.3 is 9.47 Å². The second kappa shape index (κ2) is 5.90. The number of methoxy groups -OCH3 is 1. The fourth-order valence-corrected chi connectivity index (χ4v) is 3.95. The van der Waals surface area contributed by atoms with E-state index in [1.807, 2.05) is 31.2 Å². The van der Waals surface area contributed by atoms with Crippen LogP contribution in [0, 0.1) is 6.92 Å². The van der Waals surface area contributed by atoms with Crippen LogP contribution in [-0.4, -0.2) is 32.5 Å². The molecule has 3 heterocycles. The Morgan fingerprint density at radius 2 is 2.04 bits per heavy atom. The molecule has 136 valence electrons. The van der Waals surface area contributed by atoms with E-state index >= 15 is 0 Å². The molecular formula is C20H18N4O3.